The molecular formula is C14H16BrNO. The number of hydrogen-bond acceptors (Lipinski definition) is 2. The lowest BCUT2D eigenvalue weighted by atomic mass is 10.0. The Balaban J connectivity index is 2.29. The van der Waals surface area contributed by atoms with Crippen LogP contribution in [-0.4, -0.2) is 0 Å². The van der Waals surface area contributed by atoms with Crippen LogP contribution < -0.4 is 5.73 Å². The average Bonchev–Trinajstić information content (AvgIpc) is 2.80. The fourth-order valence-electron chi connectivity index (χ4n) is 1.78. The number of halogens is 1. The van der Waals surface area contributed by atoms with Crippen LogP contribution in [0.2, 0.25) is 0 Å². The Bertz CT molecular complexity index is 519. The van der Waals surface area contributed by atoms with Gasteiger partial charge in [-0.25, -0.2) is 0 Å². The molecule has 0 radical (unpaired) electrons. The second-order valence-electron chi connectivity index (χ2n) is 4.14. The maximum atomic E-state index is 6.19. The van der Waals surface area contributed by atoms with Gasteiger partial charge >= 0.3 is 0 Å². The summed E-state index contributed by atoms with van der Waals surface area (Å²) in [5.74, 6) is 1.80. The number of benzene rings is 1. The molecule has 3 heteroatoms. The quantitative estimate of drug-likeness (QED) is 0.930. The Labute approximate surface area is 110 Å². The van der Waals surface area contributed by atoms with Crippen molar-refractivity contribution in [2.24, 2.45) is 5.73 Å². The van der Waals surface area contributed by atoms with E-state index in [0.29, 0.717) is 0 Å². The van der Waals surface area contributed by atoms with Gasteiger partial charge in [0.15, 0.2) is 0 Å². The van der Waals surface area contributed by atoms with E-state index in [1.165, 1.54) is 5.56 Å². The molecular weight excluding hydrogens is 278 g/mol. The molecule has 0 aliphatic carbocycles. The summed E-state index contributed by atoms with van der Waals surface area (Å²) in [6.45, 7) is 4.12. The lowest BCUT2D eigenvalue weighted by Crippen LogP contribution is -2.11. The molecule has 0 aliphatic heterocycles. The summed E-state index contributed by atoms with van der Waals surface area (Å²) in [5.41, 5.74) is 8.45. The standard InChI is InChI=1S/C14H16BrNO/c1-3-11-5-7-13(17-11)14(16)10-4-6-12(15)9(2)8-10/h4-8,14H,3,16H2,1-2H3. The SMILES string of the molecule is CCc1ccc(C(N)c2ccc(Br)c(C)c2)o1. The minimum atomic E-state index is -0.193. The summed E-state index contributed by atoms with van der Waals surface area (Å²) >= 11 is 3.49. The Morgan fingerprint density at radius 1 is 1.29 bits per heavy atom. The molecule has 0 amide bonds. The van der Waals surface area contributed by atoms with Crippen LogP contribution in [0.15, 0.2) is 39.2 Å². The first-order valence-electron chi connectivity index (χ1n) is 5.72. The van der Waals surface area contributed by atoms with Crippen LogP contribution in [0, 0.1) is 6.92 Å². The zero-order chi connectivity index (χ0) is 12.4. The molecule has 2 aromatic rings. The van der Waals surface area contributed by atoms with Crippen LogP contribution in [-0.2, 0) is 6.42 Å². The van der Waals surface area contributed by atoms with Crippen LogP contribution in [0.5, 0.6) is 0 Å². The van der Waals surface area contributed by atoms with E-state index in [-0.39, 0.29) is 6.04 Å². The summed E-state index contributed by atoms with van der Waals surface area (Å²) in [6.07, 6.45) is 0.895. The van der Waals surface area contributed by atoms with E-state index in [9.17, 15) is 0 Å². The minimum absolute atomic E-state index is 0.193. The summed E-state index contributed by atoms with van der Waals surface area (Å²) in [4.78, 5) is 0. The van der Waals surface area contributed by atoms with Gasteiger partial charge in [0.25, 0.3) is 0 Å². The molecule has 0 spiro atoms. The number of furan rings is 1. The molecule has 90 valence electrons. The molecule has 1 aromatic carbocycles. The maximum absolute atomic E-state index is 6.19. The largest absolute Gasteiger partial charge is 0.464 e. The Hall–Kier alpha value is -1.06. The van der Waals surface area contributed by atoms with Crippen molar-refractivity contribution in [1.29, 1.82) is 0 Å². The van der Waals surface area contributed by atoms with E-state index in [2.05, 4.69) is 35.8 Å². The fraction of sp³-hybridized carbons (Fsp3) is 0.286. The lowest BCUT2D eigenvalue weighted by molar-refractivity contribution is 0.454. The molecule has 1 atom stereocenters. The van der Waals surface area contributed by atoms with Crippen molar-refractivity contribution in [2.45, 2.75) is 26.3 Å². The van der Waals surface area contributed by atoms with Crippen molar-refractivity contribution in [1.82, 2.24) is 0 Å². The third-order valence-corrected chi connectivity index (χ3v) is 3.77. The van der Waals surface area contributed by atoms with Crippen LogP contribution >= 0.6 is 15.9 Å². The van der Waals surface area contributed by atoms with Gasteiger partial charge in [0, 0.05) is 10.9 Å². The first-order valence-corrected chi connectivity index (χ1v) is 6.51. The predicted octanol–water partition coefficient (Wildman–Crippen LogP) is 3.96. The summed E-state index contributed by atoms with van der Waals surface area (Å²) in [6, 6.07) is 9.89. The van der Waals surface area contributed by atoms with E-state index < -0.39 is 0 Å². The normalized spacial score (nSPS) is 12.7. The molecule has 1 unspecified atom stereocenters. The van der Waals surface area contributed by atoms with Crippen LogP contribution in [0.1, 0.15) is 35.6 Å². The Morgan fingerprint density at radius 3 is 2.65 bits per heavy atom. The molecule has 2 N–H and O–H groups in total. The van der Waals surface area contributed by atoms with Crippen molar-refractivity contribution in [3.63, 3.8) is 0 Å². The van der Waals surface area contributed by atoms with Gasteiger partial charge < -0.3 is 10.2 Å². The van der Waals surface area contributed by atoms with Gasteiger partial charge in [0.05, 0.1) is 6.04 Å². The second-order valence-corrected chi connectivity index (χ2v) is 5.00. The Kier molecular flexibility index (Phi) is 3.69. The van der Waals surface area contributed by atoms with Gasteiger partial charge in [0.2, 0.25) is 0 Å². The molecule has 1 aromatic heterocycles. The first-order chi connectivity index (χ1) is 8.11. The summed E-state index contributed by atoms with van der Waals surface area (Å²) < 4.78 is 6.78. The first kappa shape index (κ1) is 12.4. The average molecular weight is 294 g/mol. The molecule has 2 rings (SSSR count). The minimum Gasteiger partial charge on any atom is -0.464 e. The van der Waals surface area contributed by atoms with Gasteiger partial charge in [-0.05, 0) is 36.2 Å². The monoisotopic (exact) mass is 293 g/mol. The van der Waals surface area contributed by atoms with Crippen LogP contribution in [0.3, 0.4) is 0 Å². The van der Waals surface area contributed by atoms with E-state index in [1.807, 2.05) is 24.3 Å². The predicted molar refractivity (Wildman–Crippen MR) is 73.0 cm³/mol. The molecule has 0 aliphatic rings. The number of aryl methyl sites for hydroxylation is 2. The van der Waals surface area contributed by atoms with E-state index >= 15 is 0 Å². The van der Waals surface area contributed by atoms with Gasteiger partial charge in [-0.15, -0.1) is 0 Å². The van der Waals surface area contributed by atoms with Crippen LogP contribution in [0.4, 0.5) is 0 Å². The highest BCUT2D eigenvalue weighted by molar-refractivity contribution is 9.10. The fourth-order valence-corrected chi connectivity index (χ4v) is 2.02. The molecule has 0 saturated heterocycles. The van der Waals surface area contributed by atoms with Crippen molar-refractivity contribution >= 4 is 15.9 Å². The molecule has 17 heavy (non-hydrogen) atoms. The van der Waals surface area contributed by atoms with Gasteiger partial charge in [-0.3, -0.25) is 0 Å². The number of nitrogens with two attached hydrogens (primary N) is 1. The second kappa shape index (κ2) is 5.07. The van der Waals surface area contributed by atoms with Crippen molar-refractivity contribution in [3.05, 3.63) is 57.5 Å². The van der Waals surface area contributed by atoms with Crippen molar-refractivity contribution in [2.75, 3.05) is 0 Å². The summed E-state index contributed by atoms with van der Waals surface area (Å²) in [5, 5.41) is 0. The highest BCUT2D eigenvalue weighted by Gasteiger charge is 2.13. The topological polar surface area (TPSA) is 39.2 Å². The van der Waals surface area contributed by atoms with Crippen molar-refractivity contribution < 1.29 is 4.42 Å². The van der Waals surface area contributed by atoms with Gasteiger partial charge in [-0.1, -0.05) is 35.0 Å². The molecule has 2 nitrogen and oxygen atoms in total. The highest BCUT2D eigenvalue weighted by Crippen LogP contribution is 2.25. The van der Waals surface area contributed by atoms with E-state index in [4.69, 9.17) is 10.2 Å². The van der Waals surface area contributed by atoms with E-state index in [1.54, 1.807) is 0 Å². The smallest absolute Gasteiger partial charge is 0.125 e. The molecule has 0 fully saturated rings. The Morgan fingerprint density at radius 2 is 2.06 bits per heavy atom. The molecule has 1 heterocycles. The summed E-state index contributed by atoms with van der Waals surface area (Å²) in [7, 11) is 0. The highest BCUT2D eigenvalue weighted by atomic mass is 79.9. The third kappa shape index (κ3) is 2.61. The zero-order valence-corrected chi connectivity index (χ0v) is 11.6. The number of hydrogen-bond donors (Lipinski definition) is 1. The molecule has 0 bridgehead atoms. The molecule has 0 saturated carbocycles. The van der Waals surface area contributed by atoms with E-state index in [0.717, 1.165) is 28.0 Å². The van der Waals surface area contributed by atoms with Gasteiger partial charge in [0.1, 0.15) is 11.5 Å². The lowest BCUT2D eigenvalue weighted by Gasteiger charge is -2.10. The van der Waals surface area contributed by atoms with Gasteiger partial charge in [-0.2, -0.15) is 0 Å². The maximum Gasteiger partial charge on any atom is 0.125 e. The third-order valence-electron chi connectivity index (χ3n) is 2.88. The number of rotatable bonds is 3. The van der Waals surface area contributed by atoms with Crippen molar-refractivity contribution in [3.8, 4) is 0 Å². The van der Waals surface area contributed by atoms with Crippen LogP contribution in [0.25, 0.3) is 0 Å². The zero-order valence-electron chi connectivity index (χ0n) is 10.0.